The van der Waals surface area contributed by atoms with Crippen molar-refractivity contribution in [2.24, 2.45) is 0 Å². The van der Waals surface area contributed by atoms with Crippen LogP contribution in [0, 0.1) is 0 Å². The molecule has 0 aromatic carbocycles. The van der Waals surface area contributed by atoms with E-state index in [0.29, 0.717) is 12.2 Å². The predicted molar refractivity (Wildman–Crippen MR) is 40.8 cm³/mol. The number of hydrogen-bond acceptors (Lipinski definition) is 2. The summed E-state index contributed by atoms with van der Waals surface area (Å²) in [4.78, 5) is 11.1. The summed E-state index contributed by atoms with van der Waals surface area (Å²) in [5.74, 6) is 0.313. The predicted octanol–water partition coefficient (Wildman–Crippen LogP) is 0.884. The van der Waals surface area contributed by atoms with Crippen LogP contribution in [-0.2, 0) is 4.79 Å². The van der Waals surface area contributed by atoms with Crippen molar-refractivity contribution in [2.75, 3.05) is 7.05 Å². The minimum absolute atomic E-state index is 0.0197. The molecule has 0 amide bonds. The van der Waals surface area contributed by atoms with E-state index in [9.17, 15) is 4.79 Å². The minimum atomic E-state index is -0.0197. The molecule has 0 aromatic rings. The number of hydrogen-bond donors (Lipinski definition) is 1. The third kappa shape index (κ3) is 1.45. The van der Waals surface area contributed by atoms with Gasteiger partial charge in [-0.1, -0.05) is 11.6 Å². The third-order valence-electron chi connectivity index (χ3n) is 1.87. The van der Waals surface area contributed by atoms with E-state index in [1.54, 1.807) is 0 Å². The second-order valence-corrected chi connectivity index (χ2v) is 2.75. The largest absolute Gasteiger partial charge is 0.307 e. The molecule has 0 heterocycles. The van der Waals surface area contributed by atoms with Crippen molar-refractivity contribution in [3.05, 3.63) is 11.6 Å². The van der Waals surface area contributed by atoms with Gasteiger partial charge in [-0.05, 0) is 20.4 Å². The maximum absolute atomic E-state index is 11.1. The lowest BCUT2D eigenvalue weighted by molar-refractivity contribution is -0.120. The van der Waals surface area contributed by atoms with Crippen LogP contribution in [0.2, 0.25) is 0 Å². The van der Waals surface area contributed by atoms with Gasteiger partial charge in [-0.25, -0.2) is 0 Å². The first-order valence-corrected chi connectivity index (χ1v) is 3.61. The van der Waals surface area contributed by atoms with Crippen molar-refractivity contribution in [1.29, 1.82) is 0 Å². The first kappa shape index (κ1) is 7.48. The van der Waals surface area contributed by atoms with Crippen molar-refractivity contribution in [2.45, 2.75) is 25.8 Å². The van der Waals surface area contributed by atoms with E-state index in [1.807, 2.05) is 13.1 Å². The molecule has 0 aliphatic heterocycles. The molecule has 1 aliphatic rings. The number of ketones is 1. The number of Topliss-reactive ketones (excluding diaryl/α,β-unsaturated/α-hetero) is 1. The molecule has 1 N–H and O–H groups in total. The molecule has 2 heteroatoms. The van der Waals surface area contributed by atoms with Gasteiger partial charge in [-0.15, -0.1) is 0 Å². The van der Waals surface area contributed by atoms with Gasteiger partial charge in [0.05, 0.1) is 6.04 Å². The Hall–Kier alpha value is -0.630. The van der Waals surface area contributed by atoms with Crippen LogP contribution in [-0.4, -0.2) is 18.9 Å². The quantitative estimate of drug-likeness (QED) is 0.546. The average molecular weight is 139 g/mol. The molecule has 2 nitrogen and oxygen atoms in total. The second-order valence-electron chi connectivity index (χ2n) is 2.75. The summed E-state index contributed by atoms with van der Waals surface area (Å²) in [7, 11) is 1.82. The molecule has 10 heavy (non-hydrogen) atoms. The Morgan fingerprint density at radius 3 is 2.80 bits per heavy atom. The van der Waals surface area contributed by atoms with Crippen LogP contribution in [0.5, 0.6) is 0 Å². The first-order valence-electron chi connectivity index (χ1n) is 3.61. The van der Waals surface area contributed by atoms with Gasteiger partial charge in [0.1, 0.15) is 0 Å². The maximum Gasteiger partial charge on any atom is 0.153 e. The first-order chi connectivity index (χ1) is 4.74. The van der Waals surface area contributed by atoms with E-state index in [2.05, 4.69) is 12.2 Å². The van der Waals surface area contributed by atoms with E-state index in [0.717, 1.165) is 6.42 Å². The van der Waals surface area contributed by atoms with Crippen molar-refractivity contribution in [1.82, 2.24) is 5.32 Å². The number of rotatable bonds is 1. The standard InChI is InChI=1S/C8H13NO/c1-6-3-4-8(10)7(5-6)9-2/h5,7,9H,3-4H2,1-2H3. The number of carbonyl (C=O) groups excluding carboxylic acids is 1. The number of likely N-dealkylation sites (N-methyl/N-ethyl adjacent to an activating group) is 1. The number of carbonyl (C=O) groups is 1. The number of nitrogens with one attached hydrogen (secondary N) is 1. The molecule has 0 aromatic heterocycles. The lowest BCUT2D eigenvalue weighted by Crippen LogP contribution is -2.34. The highest BCUT2D eigenvalue weighted by atomic mass is 16.1. The molecular formula is C8H13NO. The number of allylic oxidation sites excluding steroid dienone is 1. The zero-order valence-electron chi connectivity index (χ0n) is 6.48. The molecule has 0 bridgehead atoms. The van der Waals surface area contributed by atoms with E-state index in [4.69, 9.17) is 0 Å². The SMILES string of the molecule is CNC1C=C(C)CCC1=O. The summed E-state index contributed by atoms with van der Waals surface area (Å²) in [6.45, 7) is 2.07. The van der Waals surface area contributed by atoms with Crippen molar-refractivity contribution in [3.63, 3.8) is 0 Å². The highest BCUT2D eigenvalue weighted by Gasteiger charge is 2.17. The fourth-order valence-electron chi connectivity index (χ4n) is 1.18. The molecule has 1 rings (SSSR count). The van der Waals surface area contributed by atoms with Crippen molar-refractivity contribution >= 4 is 5.78 Å². The maximum atomic E-state index is 11.1. The van der Waals surface area contributed by atoms with Crippen molar-refractivity contribution in [3.8, 4) is 0 Å². The van der Waals surface area contributed by atoms with Crippen LogP contribution in [0.4, 0.5) is 0 Å². The summed E-state index contributed by atoms with van der Waals surface area (Å²) in [5, 5.41) is 2.96. The monoisotopic (exact) mass is 139 g/mol. The van der Waals surface area contributed by atoms with E-state index >= 15 is 0 Å². The lowest BCUT2D eigenvalue weighted by atomic mass is 9.96. The van der Waals surface area contributed by atoms with Gasteiger partial charge in [0.2, 0.25) is 0 Å². The van der Waals surface area contributed by atoms with Gasteiger partial charge in [0.15, 0.2) is 5.78 Å². The van der Waals surface area contributed by atoms with Crippen LogP contribution >= 0.6 is 0 Å². The summed E-state index contributed by atoms with van der Waals surface area (Å²) >= 11 is 0. The lowest BCUT2D eigenvalue weighted by Gasteiger charge is -2.16. The minimum Gasteiger partial charge on any atom is -0.307 e. The van der Waals surface area contributed by atoms with Gasteiger partial charge >= 0.3 is 0 Å². The topological polar surface area (TPSA) is 29.1 Å². The Kier molecular flexibility index (Phi) is 2.22. The third-order valence-corrected chi connectivity index (χ3v) is 1.87. The molecule has 1 unspecified atom stereocenters. The van der Waals surface area contributed by atoms with Gasteiger partial charge in [-0.3, -0.25) is 4.79 Å². The van der Waals surface area contributed by atoms with Crippen LogP contribution in [0.15, 0.2) is 11.6 Å². The zero-order valence-corrected chi connectivity index (χ0v) is 6.48. The highest BCUT2D eigenvalue weighted by molar-refractivity contribution is 5.87. The molecule has 0 saturated carbocycles. The fourth-order valence-corrected chi connectivity index (χ4v) is 1.18. The molecule has 1 aliphatic carbocycles. The van der Waals surface area contributed by atoms with Crippen LogP contribution in [0.3, 0.4) is 0 Å². The highest BCUT2D eigenvalue weighted by Crippen LogP contribution is 2.13. The van der Waals surface area contributed by atoms with Crippen molar-refractivity contribution < 1.29 is 4.79 Å². The van der Waals surface area contributed by atoms with Gasteiger partial charge in [0.25, 0.3) is 0 Å². The Balaban J connectivity index is 2.68. The fraction of sp³-hybridized carbons (Fsp3) is 0.625. The van der Waals surface area contributed by atoms with E-state index < -0.39 is 0 Å². The van der Waals surface area contributed by atoms with Gasteiger partial charge in [0, 0.05) is 6.42 Å². The summed E-state index contributed by atoms with van der Waals surface area (Å²) in [6, 6.07) is -0.0197. The average Bonchev–Trinajstić information content (AvgIpc) is 1.94. The van der Waals surface area contributed by atoms with Crippen LogP contribution in [0.1, 0.15) is 19.8 Å². The zero-order chi connectivity index (χ0) is 7.56. The Morgan fingerprint density at radius 1 is 1.60 bits per heavy atom. The molecule has 56 valence electrons. The Bertz CT molecular complexity index is 172. The van der Waals surface area contributed by atoms with Gasteiger partial charge < -0.3 is 5.32 Å². The molecule has 0 radical (unpaired) electrons. The molecule has 0 spiro atoms. The van der Waals surface area contributed by atoms with E-state index in [-0.39, 0.29) is 6.04 Å². The molecule has 0 saturated heterocycles. The molecule has 0 fully saturated rings. The van der Waals surface area contributed by atoms with Gasteiger partial charge in [-0.2, -0.15) is 0 Å². The molecular weight excluding hydrogens is 126 g/mol. The van der Waals surface area contributed by atoms with Crippen LogP contribution < -0.4 is 5.32 Å². The summed E-state index contributed by atoms with van der Waals surface area (Å²) < 4.78 is 0. The Morgan fingerprint density at radius 2 is 2.30 bits per heavy atom. The van der Waals surface area contributed by atoms with E-state index in [1.165, 1.54) is 5.57 Å². The summed E-state index contributed by atoms with van der Waals surface area (Å²) in [5.41, 5.74) is 1.32. The normalized spacial score (nSPS) is 26.4. The Labute approximate surface area is 61.3 Å². The molecule has 1 atom stereocenters. The smallest absolute Gasteiger partial charge is 0.153 e. The second kappa shape index (κ2) is 2.97. The summed E-state index contributed by atoms with van der Waals surface area (Å²) in [6.07, 6.45) is 3.65. The van der Waals surface area contributed by atoms with Crippen LogP contribution in [0.25, 0.3) is 0 Å².